The second-order valence-corrected chi connectivity index (χ2v) is 2.45. The average molecular weight is 145 g/mol. The summed E-state index contributed by atoms with van der Waals surface area (Å²) in [7, 11) is 0. The molecule has 0 spiro atoms. The summed E-state index contributed by atoms with van der Waals surface area (Å²) >= 11 is 0. The Labute approximate surface area is 64.5 Å². The molecule has 0 aromatic heterocycles. The molecule has 2 nitrogen and oxygen atoms in total. The monoisotopic (exact) mass is 145 g/mol. The van der Waals surface area contributed by atoms with E-state index < -0.39 is 0 Å². The summed E-state index contributed by atoms with van der Waals surface area (Å²) in [5.41, 5.74) is 1.92. The van der Waals surface area contributed by atoms with Crippen molar-refractivity contribution in [2.75, 3.05) is 5.32 Å². The summed E-state index contributed by atoms with van der Waals surface area (Å²) in [6, 6.07) is 7.68. The van der Waals surface area contributed by atoms with Gasteiger partial charge in [0.15, 0.2) is 0 Å². The van der Waals surface area contributed by atoms with Gasteiger partial charge in [-0.05, 0) is 23.8 Å². The Balaban J connectivity index is 2.55. The van der Waals surface area contributed by atoms with Crippen molar-refractivity contribution in [1.82, 2.24) is 0 Å². The molecule has 1 aliphatic rings. The van der Waals surface area contributed by atoms with Gasteiger partial charge in [-0.3, -0.25) is 4.79 Å². The van der Waals surface area contributed by atoms with Gasteiger partial charge < -0.3 is 5.32 Å². The maximum atomic E-state index is 10.9. The van der Waals surface area contributed by atoms with E-state index in [0.717, 1.165) is 11.3 Å². The topological polar surface area (TPSA) is 29.1 Å². The largest absolute Gasteiger partial charge is 0.322 e. The minimum Gasteiger partial charge on any atom is -0.322 e. The first-order valence-corrected chi connectivity index (χ1v) is 3.44. The third-order valence-corrected chi connectivity index (χ3v) is 1.58. The van der Waals surface area contributed by atoms with Crippen molar-refractivity contribution in [2.24, 2.45) is 0 Å². The molecule has 1 aliphatic heterocycles. The first-order chi connectivity index (χ1) is 5.34. The van der Waals surface area contributed by atoms with E-state index in [1.165, 1.54) is 6.08 Å². The Morgan fingerprint density at radius 2 is 2.09 bits per heavy atom. The van der Waals surface area contributed by atoms with Crippen LogP contribution in [-0.4, -0.2) is 5.91 Å². The molecule has 0 saturated carbocycles. The van der Waals surface area contributed by atoms with Crippen LogP contribution in [0.5, 0.6) is 0 Å². The number of amides is 1. The molecule has 1 N–H and O–H groups in total. The smallest absolute Gasteiger partial charge is 0.248 e. The maximum Gasteiger partial charge on any atom is 0.248 e. The number of nitrogens with one attached hydrogen (secondary N) is 1. The Morgan fingerprint density at radius 3 is 3.00 bits per heavy atom. The zero-order valence-electron chi connectivity index (χ0n) is 5.87. The van der Waals surface area contributed by atoms with E-state index in [1.807, 2.05) is 24.3 Å². The summed E-state index contributed by atoms with van der Waals surface area (Å²) in [4.78, 5) is 10.9. The van der Waals surface area contributed by atoms with Crippen LogP contribution in [0.25, 0.3) is 6.08 Å². The fraction of sp³-hybridized carbons (Fsp3) is 0. The lowest BCUT2D eigenvalue weighted by Crippen LogP contribution is -2.05. The van der Waals surface area contributed by atoms with Crippen LogP contribution < -0.4 is 5.32 Å². The van der Waals surface area contributed by atoms with Crippen molar-refractivity contribution in [3.05, 3.63) is 35.9 Å². The second-order valence-electron chi connectivity index (χ2n) is 2.45. The number of hydrogen-bond donors (Lipinski definition) is 1. The molecule has 1 heterocycles. The van der Waals surface area contributed by atoms with Gasteiger partial charge in [-0.1, -0.05) is 12.1 Å². The van der Waals surface area contributed by atoms with Gasteiger partial charge in [-0.2, -0.15) is 0 Å². The van der Waals surface area contributed by atoms with Gasteiger partial charge >= 0.3 is 0 Å². The number of rotatable bonds is 0. The van der Waals surface area contributed by atoms with E-state index in [0.29, 0.717) is 0 Å². The fourth-order valence-electron chi connectivity index (χ4n) is 1.08. The van der Waals surface area contributed by atoms with E-state index >= 15 is 0 Å². The molecule has 0 saturated heterocycles. The van der Waals surface area contributed by atoms with Gasteiger partial charge in [0.25, 0.3) is 0 Å². The van der Waals surface area contributed by atoms with Gasteiger partial charge in [0, 0.05) is 11.8 Å². The fourth-order valence-corrected chi connectivity index (χ4v) is 1.08. The summed E-state index contributed by atoms with van der Waals surface area (Å²) in [5, 5.41) is 2.72. The summed E-state index contributed by atoms with van der Waals surface area (Å²) in [6.07, 6.45) is 3.33. The highest BCUT2D eigenvalue weighted by molar-refractivity contribution is 6.03. The minimum atomic E-state index is -0.0637. The molecule has 1 amide bonds. The van der Waals surface area contributed by atoms with E-state index in [9.17, 15) is 4.79 Å². The van der Waals surface area contributed by atoms with Crippen LogP contribution in [0.4, 0.5) is 5.69 Å². The van der Waals surface area contributed by atoms with Crippen molar-refractivity contribution in [1.29, 1.82) is 0 Å². The third kappa shape index (κ3) is 1.15. The standard InChI is InChI=1S/C9H7NO/c11-9-5-4-7-2-1-3-8(6-7)10-9/h1-6H,(H,10,11). The van der Waals surface area contributed by atoms with Crippen LogP contribution in [0.3, 0.4) is 0 Å². The molecule has 0 unspecified atom stereocenters. The molecule has 0 fully saturated rings. The van der Waals surface area contributed by atoms with Gasteiger partial charge in [-0.15, -0.1) is 0 Å². The van der Waals surface area contributed by atoms with Crippen LogP contribution in [0.1, 0.15) is 5.56 Å². The number of carbonyl (C=O) groups is 1. The van der Waals surface area contributed by atoms with Crippen molar-refractivity contribution >= 4 is 17.7 Å². The SMILES string of the molecule is O=C1C=Cc2cccc(c2)N1. The van der Waals surface area contributed by atoms with E-state index in [4.69, 9.17) is 0 Å². The molecular formula is C9H7NO. The molecule has 11 heavy (non-hydrogen) atoms. The van der Waals surface area contributed by atoms with Crippen LogP contribution in [0, 0.1) is 0 Å². The second kappa shape index (κ2) is 2.23. The zero-order chi connectivity index (χ0) is 7.68. The van der Waals surface area contributed by atoms with Crippen molar-refractivity contribution in [3.8, 4) is 0 Å². The molecule has 54 valence electrons. The molecule has 2 bridgehead atoms. The Morgan fingerprint density at radius 1 is 1.18 bits per heavy atom. The summed E-state index contributed by atoms with van der Waals surface area (Å²) in [6.45, 7) is 0. The third-order valence-electron chi connectivity index (χ3n) is 1.58. The molecule has 0 atom stereocenters. The average Bonchev–Trinajstić information content (AvgIpc) is 2.12. The van der Waals surface area contributed by atoms with Crippen LogP contribution in [-0.2, 0) is 4.79 Å². The first kappa shape index (κ1) is 6.16. The highest BCUT2D eigenvalue weighted by atomic mass is 16.1. The lowest BCUT2D eigenvalue weighted by Gasteiger charge is -1.98. The van der Waals surface area contributed by atoms with Crippen molar-refractivity contribution in [3.63, 3.8) is 0 Å². The Kier molecular flexibility index (Phi) is 1.25. The summed E-state index contributed by atoms with van der Waals surface area (Å²) < 4.78 is 0. The van der Waals surface area contributed by atoms with Gasteiger partial charge in [0.2, 0.25) is 5.91 Å². The van der Waals surface area contributed by atoms with E-state index in [1.54, 1.807) is 6.08 Å². The predicted octanol–water partition coefficient (Wildman–Crippen LogP) is 1.65. The van der Waals surface area contributed by atoms with E-state index in [-0.39, 0.29) is 5.91 Å². The normalized spacial score (nSPS) is 14.0. The quantitative estimate of drug-likeness (QED) is 0.591. The van der Waals surface area contributed by atoms with Crippen LogP contribution in [0.2, 0.25) is 0 Å². The number of fused-ring (bicyclic) bond motifs is 2. The van der Waals surface area contributed by atoms with Crippen molar-refractivity contribution < 1.29 is 4.79 Å². The zero-order valence-corrected chi connectivity index (χ0v) is 5.87. The molecule has 2 heteroatoms. The lowest BCUT2D eigenvalue weighted by atomic mass is 10.2. The molecule has 1 aromatic carbocycles. The van der Waals surface area contributed by atoms with Crippen LogP contribution >= 0.6 is 0 Å². The lowest BCUT2D eigenvalue weighted by molar-refractivity contribution is -0.111. The molecular weight excluding hydrogens is 138 g/mol. The molecule has 2 rings (SSSR count). The van der Waals surface area contributed by atoms with Gasteiger partial charge in [0.05, 0.1) is 0 Å². The Hall–Kier alpha value is -1.57. The van der Waals surface area contributed by atoms with Crippen molar-refractivity contribution in [2.45, 2.75) is 0 Å². The number of carbonyl (C=O) groups excluding carboxylic acids is 1. The Bertz CT molecular complexity index is 328. The maximum absolute atomic E-state index is 10.9. The number of anilines is 1. The highest BCUT2D eigenvalue weighted by Gasteiger charge is 2.01. The van der Waals surface area contributed by atoms with Crippen LogP contribution in [0.15, 0.2) is 30.3 Å². The highest BCUT2D eigenvalue weighted by Crippen LogP contribution is 2.14. The van der Waals surface area contributed by atoms with Gasteiger partial charge in [-0.25, -0.2) is 0 Å². The minimum absolute atomic E-state index is 0.0637. The van der Waals surface area contributed by atoms with E-state index in [2.05, 4.69) is 5.32 Å². The predicted molar refractivity (Wildman–Crippen MR) is 44.1 cm³/mol. The number of hydrogen-bond acceptors (Lipinski definition) is 1. The summed E-state index contributed by atoms with van der Waals surface area (Å²) in [5.74, 6) is -0.0637. The van der Waals surface area contributed by atoms with Gasteiger partial charge in [0.1, 0.15) is 0 Å². The molecule has 0 aliphatic carbocycles. The molecule has 1 aromatic rings. The molecule has 0 radical (unpaired) electrons. The number of benzene rings is 1. The first-order valence-electron chi connectivity index (χ1n) is 3.44.